The molecule has 0 amide bonds. The third kappa shape index (κ3) is 4.04. The van der Waals surface area contributed by atoms with Gasteiger partial charge in [0.15, 0.2) is 0 Å². The van der Waals surface area contributed by atoms with Gasteiger partial charge in [0.2, 0.25) is 0 Å². The lowest BCUT2D eigenvalue weighted by atomic mass is 10.2. The van der Waals surface area contributed by atoms with Gasteiger partial charge in [-0.25, -0.2) is 0 Å². The summed E-state index contributed by atoms with van der Waals surface area (Å²) in [6.45, 7) is 3.35. The molecule has 0 bridgehead atoms. The summed E-state index contributed by atoms with van der Waals surface area (Å²) in [5.74, 6) is -0.774. The van der Waals surface area contributed by atoms with Crippen LogP contribution in [0, 0.1) is 0 Å². The van der Waals surface area contributed by atoms with Gasteiger partial charge in [0.05, 0.1) is 13.0 Å². The van der Waals surface area contributed by atoms with E-state index in [1.165, 1.54) is 0 Å². The zero-order valence-electron chi connectivity index (χ0n) is 8.18. The maximum absolute atomic E-state index is 10.3. The molecule has 14 heavy (non-hydrogen) atoms. The second kappa shape index (κ2) is 5.39. The molecule has 0 saturated carbocycles. The second-order valence-corrected chi connectivity index (χ2v) is 3.22. The number of carboxylic acids is 1. The average Bonchev–Trinajstić information content (AvgIpc) is 2.55. The Morgan fingerprint density at radius 2 is 2.50 bits per heavy atom. The number of hydrogen-bond donors (Lipinski definition) is 2. The van der Waals surface area contributed by atoms with Crippen molar-refractivity contribution < 1.29 is 9.90 Å². The zero-order valence-corrected chi connectivity index (χ0v) is 8.18. The van der Waals surface area contributed by atoms with E-state index in [1.54, 1.807) is 10.9 Å². The van der Waals surface area contributed by atoms with Crippen molar-refractivity contribution >= 4 is 5.97 Å². The molecule has 0 saturated heterocycles. The van der Waals surface area contributed by atoms with Gasteiger partial charge in [-0.05, 0) is 13.0 Å². The van der Waals surface area contributed by atoms with Crippen molar-refractivity contribution in [2.24, 2.45) is 0 Å². The first kappa shape index (κ1) is 10.7. The van der Waals surface area contributed by atoms with Crippen LogP contribution in [0.5, 0.6) is 0 Å². The van der Waals surface area contributed by atoms with Crippen LogP contribution in [0.2, 0.25) is 0 Å². The molecule has 5 heteroatoms. The zero-order chi connectivity index (χ0) is 10.4. The van der Waals surface area contributed by atoms with Gasteiger partial charge in [0.25, 0.3) is 0 Å². The molecule has 0 aliphatic heterocycles. The first-order valence-corrected chi connectivity index (χ1v) is 4.61. The molecule has 0 spiro atoms. The van der Waals surface area contributed by atoms with E-state index in [-0.39, 0.29) is 12.5 Å². The largest absolute Gasteiger partial charge is 0.481 e. The van der Waals surface area contributed by atoms with Gasteiger partial charge in [-0.3, -0.25) is 9.48 Å². The Kier molecular flexibility index (Phi) is 4.12. The molecule has 2 N–H and O–H groups in total. The number of aliphatic carboxylic acids is 1. The molecule has 1 heterocycles. The quantitative estimate of drug-likeness (QED) is 0.690. The van der Waals surface area contributed by atoms with Crippen LogP contribution in [0.15, 0.2) is 18.5 Å². The number of hydrogen-bond acceptors (Lipinski definition) is 3. The van der Waals surface area contributed by atoms with Crippen molar-refractivity contribution in [3.05, 3.63) is 18.5 Å². The van der Waals surface area contributed by atoms with Crippen molar-refractivity contribution in [2.45, 2.75) is 25.9 Å². The van der Waals surface area contributed by atoms with Gasteiger partial charge < -0.3 is 10.4 Å². The summed E-state index contributed by atoms with van der Waals surface area (Å²) in [5, 5.41) is 15.7. The normalized spacial score (nSPS) is 12.6. The Hall–Kier alpha value is -1.36. The Labute approximate surface area is 82.7 Å². The minimum Gasteiger partial charge on any atom is -0.481 e. The maximum atomic E-state index is 10.3. The Morgan fingerprint density at radius 1 is 1.71 bits per heavy atom. The van der Waals surface area contributed by atoms with Crippen molar-refractivity contribution in [3.8, 4) is 0 Å². The summed E-state index contributed by atoms with van der Waals surface area (Å²) in [4.78, 5) is 10.3. The molecule has 5 nitrogen and oxygen atoms in total. The van der Waals surface area contributed by atoms with Crippen molar-refractivity contribution in [1.82, 2.24) is 15.1 Å². The smallest absolute Gasteiger partial charge is 0.304 e. The van der Waals surface area contributed by atoms with Crippen molar-refractivity contribution in [3.63, 3.8) is 0 Å². The highest BCUT2D eigenvalue weighted by Gasteiger charge is 2.05. The fraction of sp³-hybridized carbons (Fsp3) is 0.556. The predicted molar refractivity (Wildman–Crippen MR) is 51.9 cm³/mol. The molecule has 0 aliphatic rings. The topological polar surface area (TPSA) is 67.2 Å². The Balaban J connectivity index is 2.12. The Bertz CT molecular complexity index is 272. The first-order valence-electron chi connectivity index (χ1n) is 4.61. The number of nitrogens with one attached hydrogen (secondary N) is 1. The monoisotopic (exact) mass is 197 g/mol. The summed E-state index contributed by atoms with van der Waals surface area (Å²) >= 11 is 0. The fourth-order valence-corrected chi connectivity index (χ4v) is 1.19. The van der Waals surface area contributed by atoms with Gasteiger partial charge in [-0.1, -0.05) is 0 Å². The lowest BCUT2D eigenvalue weighted by molar-refractivity contribution is -0.137. The van der Waals surface area contributed by atoms with Gasteiger partial charge in [-0.2, -0.15) is 5.10 Å². The van der Waals surface area contributed by atoms with Crippen molar-refractivity contribution in [1.29, 1.82) is 0 Å². The third-order valence-electron chi connectivity index (χ3n) is 1.87. The third-order valence-corrected chi connectivity index (χ3v) is 1.87. The van der Waals surface area contributed by atoms with Gasteiger partial charge in [-0.15, -0.1) is 0 Å². The lowest BCUT2D eigenvalue weighted by Gasteiger charge is -2.10. The van der Waals surface area contributed by atoms with E-state index in [9.17, 15) is 4.79 Å². The van der Waals surface area contributed by atoms with E-state index in [2.05, 4.69) is 10.4 Å². The van der Waals surface area contributed by atoms with E-state index < -0.39 is 5.97 Å². The van der Waals surface area contributed by atoms with E-state index in [1.807, 2.05) is 19.2 Å². The minimum absolute atomic E-state index is 0.00284. The number of nitrogens with zero attached hydrogens (tertiary/aromatic N) is 2. The molecule has 1 aromatic heterocycles. The van der Waals surface area contributed by atoms with Crippen LogP contribution in [0.25, 0.3) is 0 Å². The van der Waals surface area contributed by atoms with E-state index in [0.717, 1.165) is 13.1 Å². The van der Waals surface area contributed by atoms with Gasteiger partial charge in [0, 0.05) is 25.0 Å². The van der Waals surface area contributed by atoms with Crippen LogP contribution in [-0.4, -0.2) is 33.4 Å². The van der Waals surface area contributed by atoms with E-state index >= 15 is 0 Å². The number of carbonyl (C=O) groups is 1. The second-order valence-electron chi connectivity index (χ2n) is 3.22. The Morgan fingerprint density at radius 3 is 3.07 bits per heavy atom. The van der Waals surface area contributed by atoms with Gasteiger partial charge in [0.1, 0.15) is 0 Å². The first-order chi connectivity index (χ1) is 6.68. The standard InChI is InChI=1S/C9H15N3O2/c1-8(7-9(13)14)10-4-6-12-5-2-3-11-12/h2-3,5,8,10H,4,6-7H2,1H3,(H,13,14). The molecule has 0 aromatic carbocycles. The summed E-state index contributed by atoms with van der Waals surface area (Å²) in [7, 11) is 0. The highest BCUT2D eigenvalue weighted by molar-refractivity contribution is 5.67. The molecule has 0 fully saturated rings. The van der Waals surface area contributed by atoms with Crippen LogP contribution in [-0.2, 0) is 11.3 Å². The summed E-state index contributed by atoms with van der Waals surface area (Å²) in [6.07, 6.45) is 3.75. The number of carboxylic acid groups (broad SMARTS) is 1. The molecule has 1 atom stereocenters. The van der Waals surface area contributed by atoms with Crippen molar-refractivity contribution in [2.75, 3.05) is 6.54 Å². The fourth-order valence-electron chi connectivity index (χ4n) is 1.19. The van der Waals surface area contributed by atoms with Crippen LogP contribution >= 0.6 is 0 Å². The summed E-state index contributed by atoms with van der Waals surface area (Å²) < 4.78 is 1.81. The average molecular weight is 197 g/mol. The molecule has 1 unspecified atom stereocenters. The summed E-state index contributed by atoms with van der Waals surface area (Å²) in [6, 6.07) is 1.86. The highest BCUT2D eigenvalue weighted by atomic mass is 16.4. The highest BCUT2D eigenvalue weighted by Crippen LogP contribution is 1.90. The molecule has 0 aliphatic carbocycles. The van der Waals surface area contributed by atoms with Crippen LogP contribution < -0.4 is 5.32 Å². The molecule has 0 radical (unpaired) electrons. The van der Waals surface area contributed by atoms with Crippen LogP contribution in [0.1, 0.15) is 13.3 Å². The number of rotatable bonds is 6. The minimum atomic E-state index is -0.774. The molecule has 1 aromatic rings. The molecular weight excluding hydrogens is 182 g/mol. The molecule has 1 rings (SSSR count). The lowest BCUT2D eigenvalue weighted by Crippen LogP contribution is -2.31. The van der Waals surface area contributed by atoms with Gasteiger partial charge >= 0.3 is 5.97 Å². The molecule has 78 valence electrons. The molecular formula is C9H15N3O2. The van der Waals surface area contributed by atoms with Crippen LogP contribution in [0.4, 0.5) is 0 Å². The van der Waals surface area contributed by atoms with E-state index in [0.29, 0.717) is 0 Å². The van der Waals surface area contributed by atoms with Crippen LogP contribution in [0.3, 0.4) is 0 Å². The SMILES string of the molecule is CC(CC(=O)O)NCCn1cccn1. The number of aromatic nitrogens is 2. The van der Waals surface area contributed by atoms with E-state index in [4.69, 9.17) is 5.11 Å². The maximum Gasteiger partial charge on any atom is 0.304 e. The summed E-state index contributed by atoms with van der Waals surface area (Å²) in [5.41, 5.74) is 0. The predicted octanol–water partition coefficient (Wildman–Crippen LogP) is 0.336.